The van der Waals surface area contributed by atoms with E-state index in [4.69, 9.17) is 0 Å². The molecule has 0 saturated heterocycles. The molecule has 17 heavy (non-hydrogen) atoms. The lowest BCUT2D eigenvalue weighted by Gasteiger charge is -2.00. The number of Topliss-reactive ketones (excluding diaryl/α,β-unsaturated/α-hetero) is 1. The van der Waals surface area contributed by atoms with Crippen LogP contribution in [0.15, 0.2) is 47.7 Å². The summed E-state index contributed by atoms with van der Waals surface area (Å²) in [5, 5.41) is 0. The Balaban J connectivity index is 3.10. The van der Waals surface area contributed by atoms with Crippen molar-refractivity contribution in [1.29, 1.82) is 0 Å². The summed E-state index contributed by atoms with van der Waals surface area (Å²) in [6, 6.07) is 7.63. The molecule has 0 aromatic heterocycles. The van der Waals surface area contributed by atoms with Crippen molar-refractivity contribution < 1.29 is 4.79 Å². The second kappa shape index (κ2) is 6.03. The van der Waals surface area contributed by atoms with E-state index in [9.17, 15) is 4.79 Å². The molecule has 0 aliphatic carbocycles. The topological polar surface area (TPSA) is 17.1 Å². The van der Waals surface area contributed by atoms with Gasteiger partial charge in [0.2, 0.25) is 0 Å². The smallest absolute Gasteiger partial charge is 0.159 e. The summed E-state index contributed by atoms with van der Waals surface area (Å²) in [6.07, 6.45) is 4.02. The first kappa shape index (κ1) is 13.2. The Kier molecular flexibility index (Phi) is 4.68. The highest BCUT2D eigenvalue weighted by Crippen LogP contribution is 2.14. The van der Waals surface area contributed by atoms with E-state index in [1.54, 1.807) is 6.92 Å². The number of benzene rings is 1. The Hall–Kier alpha value is -1.85. The minimum atomic E-state index is 0.0961. The van der Waals surface area contributed by atoms with Crippen LogP contribution in [0.3, 0.4) is 0 Å². The van der Waals surface area contributed by atoms with E-state index in [1.165, 1.54) is 0 Å². The second-order valence-electron chi connectivity index (χ2n) is 4.07. The van der Waals surface area contributed by atoms with Crippen molar-refractivity contribution in [3.8, 4) is 0 Å². The lowest BCUT2D eigenvalue weighted by atomic mass is 10.0. The summed E-state index contributed by atoms with van der Waals surface area (Å²) >= 11 is 0. The van der Waals surface area contributed by atoms with Crippen LogP contribution in [0.25, 0.3) is 5.57 Å². The normalized spacial score (nSPS) is 10.1. The largest absolute Gasteiger partial charge is 0.295 e. The molecule has 0 radical (unpaired) electrons. The minimum Gasteiger partial charge on any atom is -0.295 e. The van der Waals surface area contributed by atoms with E-state index in [0.717, 1.165) is 22.3 Å². The average molecular weight is 226 g/mol. The van der Waals surface area contributed by atoms with Crippen LogP contribution in [-0.4, -0.2) is 5.78 Å². The van der Waals surface area contributed by atoms with Gasteiger partial charge in [-0.05, 0) is 44.4 Å². The second-order valence-corrected chi connectivity index (χ2v) is 4.07. The number of hydrogen-bond donors (Lipinski definition) is 0. The first-order valence-electron chi connectivity index (χ1n) is 5.72. The molecule has 0 aliphatic heterocycles. The molecule has 0 fully saturated rings. The lowest BCUT2D eigenvalue weighted by molar-refractivity contribution is 0.101. The van der Waals surface area contributed by atoms with Crippen LogP contribution in [0, 0.1) is 0 Å². The highest BCUT2D eigenvalue weighted by Gasteiger charge is 1.99. The number of rotatable bonds is 3. The maximum Gasteiger partial charge on any atom is 0.159 e. The van der Waals surface area contributed by atoms with E-state index in [-0.39, 0.29) is 5.78 Å². The van der Waals surface area contributed by atoms with Crippen molar-refractivity contribution >= 4 is 11.4 Å². The summed E-state index contributed by atoms with van der Waals surface area (Å²) in [5.41, 5.74) is 7.33. The van der Waals surface area contributed by atoms with Gasteiger partial charge in [0.1, 0.15) is 0 Å². The summed E-state index contributed by atoms with van der Waals surface area (Å²) in [6.45, 7) is 7.61. The third-order valence-electron chi connectivity index (χ3n) is 2.53. The van der Waals surface area contributed by atoms with E-state index >= 15 is 0 Å². The molecule has 0 saturated carbocycles. The van der Waals surface area contributed by atoms with Crippen molar-refractivity contribution in [2.75, 3.05) is 0 Å². The monoisotopic (exact) mass is 226 g/mol. The summed E-state index contributed by atoms with van der Waals surface area (Å²) < 4.78 is 0. The molecule has 0 N–H and O–H groups in total. The summed E-state index contributed by atoms with van der Waals surface area (Å²) in [4.78, 5) is 11.2. The van der Waals surface area contributed by atoms with Crippen LogP contribution in [0.2, 0.25) is 0 Å². The van der Waals surface area contributed by atoms with Crippen molar-refractivity contribution in [2.45, 2.75) is 27.7 Å². The van der Waals surface area contributed by atoms with Gasteiger partial charge in [0.25, 0.3) is 0 Å². The predicted molar refractivity (Wildman–Crippen MR) is 73.0 cm³/mol. The SMILES string of the molecule is C/C=C/C(C)=C=C(C)c1ccc(C(C)=O)cc1. The number of ketones is 1. The predicted octanol–water partition coefficient (Wildman–Crippen LogP) is 4.41. The van der Waals surface area contributed by atoms with E-state index < -0.39 is 0 Å². The molecule has 0 atom stereocenters. The van der Waals surface area contributed by atoms with Gasteiger partial charge in [-0.15, -0.1) is 5.73 Å². The van der Waals surface area contributed by atoms with Crippen molar-refractivity contribution in [3.63, 3.8) is 0 Å². The van der Waals surface area contributed by atoms with Gasteiger partial charge < -0.3 is 0 Å². The molecular weight excluding hydrogens is 208 g/mol. The Labute approximate surface area is 103 Å². The van der Waals surface area contributed by atoms with Gasteiger partial charge in [0.05, 0.1) is 0 Å². The number of carbonyl (C=O) groups is 1. The molecule has 0 unspecified atom stereocenters. The van der Waals surface area contributed by atoms with E-state index in [1.807, 2.05) is 57.2 Å². The average Bonchev–Trinajstić information content (AvgIpc) is 2.29. The van der Waals surface area contributed by atoms with Gasteiger partial charge >= 0.3 is 0 Å². The van der Waals surface area contributed by atoms with Gasteiger partial charge in [0.15, 0.2) is 5.78 Å². The zero-order valence-corrected chi connectivity index (χ0v) is 10.9. The fraction of sp³-hybridized carbons (Fsp3) is 0.250. The first-order valence-corrected chi connectivity index (χ1v) is 5.72. The van der Waals surface area contributed by atoms with Crippen molar-refractivity contribution in [2.24, 2.45) is 0 Å². The zero-order valence-electron chi connectivity index (χ0n) is 10.9. The molecule has 0 bridgehead atoms. The Morgan fingerprint density at radius 2 is 1.59 bits per heavy atom. The minimum absolute atomic E-state index is 0.0961. The van der Waals surface area contributed by atoms with Crippen LogP contribution in [0.5, 0.6) is 0 Å². The van der Waals surface area contributed by atoms with Crippen LogP contribution in [0.4, 0.5) is 0 Å². The fourth-order valence-corrected chi connectivity index (χ4v) is 1.61. The summed E-state index contributed by atoms with van der Waals surface area (Å²) in [7, 11) is 0. The highest BCUT2D eigenvalue weighted by molar-refractivity contribution is 5.94. The fourth-order valence-electron chi connectivity index (χ4n) is 1.61. The van der Waals surface area contributed by atoms with Crippen molar-refractivity contribution in [1.82, 2.24) is 0 Å². The van der Waals surface area contributed by atoms with Crippen LogP contribution < -0.4 is 0 Å². The van der Waals surface area contributed by atoms with Crippen molar-refractivity contribution in [3.05, 3.63) is 58.8 Å². The number of carbonyl (C=O) groups excluding carboxylic acids is 1. The molecule has 0 spiro atoms. The Morgan fingerprint density at radius 3 is 2.06 bits per heavy atom. The summed E-state index contributed by atoms with van der Waals surface area (Å²) in [5.74, 6) is 0.0961. The molecule has 0 aliphatic rings. The van der Waals surface area contributed by atoms with Crippen LogP contribution in [0.1, 0.15) is 43.6 Å². The van der Waals surface area contributed by atoms with Gasteiger partial charge in [-0.25, -0.2) is 0 Å². The van der Waals surface area contributed by atoms with Crippen LogP contribution in [-0.2, 0) is 0 Å². The molecule has 1 rings (SSSR count). The quantitative estimate of drug-likeness (QED) is 0.424. The molecule has 0 heterocycles. The molecule has 1 aromatic rings. The zero-order chi connectivity index (χ0) is 12.8. The standard InChI is InChI=1S/C16H18O/c1-5-6-12(2)11-13(3)15-7-9-16(10-8-15)14(4)17/h5-10H,1-4H3/b6-5+. The molecule has 88 valence electrons. The van der Waals surface area contributed by atoms with Gasteiger partial charge in [-0.3, -0.25) is 4.79 Å². The maximum absolute atomic E-state index is 11.2. The van der Waals surface area contributed by atoms with E-state index in [0.29, 0.717) is 0 Å². The highest BCUT2D eigenvalue weighted by atomic mass is 16.1. The van der Waals surface area contributed by atoms with Gasteiger partial charge in [-0.2, -0.15) is 0 Å². The Bertz CT molecular complexity index is 495. The van der Waals surface area contributed by atoms with Crippen LogP contribution >= 0.6 is 0 Å². The molecule has 1 heteroatoms. The third-order valence-corrected chi connectivity index (χ3v) is 2.53. The number of allylic oxidation sites excluding steroid dienone is 3. The van der Waals surface area contributed by atoms with Gasteiger partial charge in [-0.1, -0.05) is 36.4 Å². The Morgan fingerprint density at radius 1 is 1.06 bits per heavy atom. The van der Waals surface area contributed by atoms with E-state index in [2.05, 4.69) is 5.73 Å². The third kappa shape index (κ3) is 3.90. The maximum atomic E-state index is 11.2. The molecule has 0 amide bonds. The number of hydrogen-bond acceptors (Lipinski definition) is 1. The molecular formula is C16H18O. The molecule has 1 aromatic carbocycles. The first-order chi connectivity index (χ1) is 8.04. The van der Waals surface area contributed by atoms with Gasteiger partial charge in [0, 0.05) is 5.56 Å². The molecule has 1 nitrogen and oxygen atoms in total. The lowest BCUT2D eigenvalue weighted by Crippen LogP contribution is -1.91.